The molecule has 0 saturated heterocycles. The maximum atomic E-state index is 12.5. The Bertz CT molecular complexity index is 1580. The maximum Gasteiger partial charge on any atom is 0.369 e. The quantitative estimate of drug-likeness (QED) is 0.0472. The first-order valence-corrected chi connectivity index (χ1v) is 12.3. The molecule has 0 saturated carbocycles. The van der Waals surface area contributed by atoms with Crippen molar-refractivity contribution in [1.82, 2.24) is 19.8 Å². The molecular weight excluding hydrogens is 556 g/mol. The lowest BCUT2D eigenvalue weighted by atomic mass is 10.1. The summed E-state index contributed by atoms with van der Waals surface area (Å²) in [5.41, 5.74) is -2.36. The van der Waals surface area contributed by atoms with Crippen LogP contribution >= 0.6 is 0 Å². The fraction of sp³-hybridized carbons (Fsp3) is 0.231. The zero-order valence-corrected chi connectivity index (χ0v) is 22.5. The van der Waals surface area contributed by atoms with E-state index < -0.39 is 57.7 Å². The van der Waals surface area contributed by atoms with Crippen LogP contribution in [-0.2, 0) is 14.1 Å². The van der Waals surface area contributed by atoms with Crippen molar-refractivity contribution < 1.29 is 50.2 Å². The third-order valence-corrected chi connectivity index (χ3v) is 6.04. The number of aliphatic hydroxyl groups excluding tert-OH is 2. The summed E-state index contributed by atoms with van der Waals surface area (Å²) >= 11 is 0. The molecule has 2 amide bonds. The molecule has 0 radical (unpaired) electrons. The summed E-state index contributed by atoms with van der Waals surface area (Å²) in [6, 6.07) is 4.86. The van der Waals surface area contributed by atoms with Gasteiger partial charge in [-0.1, -0.05) is 0 Å². The van der Waals surface area contributed by atoms with Gasteiger partial charge in [0.15, 0.2) is 36.1 Å². The number of carbonyl (C=O) groups excluding carboxylic acids is 2. The van der Waals surface area contributed by atoms with Gasteiger partial charge in [0.2, 0.25) is 0 Å². The number of hydrogen-bond donors (Lipinski definition) is 10. The normalized spacial score (nSPS) is 11.8. The molecule has 10 N–H and O–H groups in total. The smallest absolute Gasteiger partial charge is 0.369 e. The number of rotatable bonds is 10. The molecule has 0 bridgehead atoms. The van der Waals surface area contributed by atoms with Crippen molar-refractivity contribution in [2.75, 3.05) is 26.2 Å². The first kappa shape index (κ1) is 30.7. The lowest BCUT2D eigenvalue weighted by Crippen LogP contribution is -2.75. The zero-order chi connectivity index (χ0) is 31.1. The van der Waals surface area contributed by atoms with Crippen LogP contribution in [0.3, 0.4) is 0 Å². The molecule has 0 aliphatic rings. The van der Waals surface area contributed by atoms with Crippen molar-refractivity contribution in [2.24, 2.45) is 14.1 Å². The van der Waals surface area contributed by atoms with E-state index in [-0.39, 0.29) is 48.4 Å². The number of aromatic nitrogens is 2. The highest BCUT2D eigenvalue weighted by Gasteiger charge is 2.22. The van der Waals surface area contributed by atoms with E-state index in [9.17, 15) is 49.8 Å². The van der Waals surface area contributed by atoms with Crippen molar-refractivity contribution in [3.8, 4) is 23.0 Å². The molecule has 2 heterocycles. The van der Waals surface area contributed by atoms with Crippen LogP contribution < -0.4 is 31.7 Å². The Hall–Kier alpha value is -5.80. The average molecular weight is 587 g/mol. The molecule has 222 valence electrons. The Morgan fingerprint density at radius 2 is 1.00 bits per heavy atom. The van der Waals surface area contributed by atoms with Gasteiger partial charge in [-0.3, -0.25) is 19.2 Å². The second-order valence-electron chi connectivity index (χ2n) is 8.91. The van der Waals surface area contributed by atoms with Crippen molar-refractivity contribution in [1.29, 1.82) is 0 Å². The summed E-state index contributed by atoms with van der Waals surface area (Å²) in [7, 11) is 2.85. The van der Waals surface area contributed by atoms with E-state index in [0.29, 0.717) is 0 Å². The molecule has 0 fully saturated rings. The van der Waals surface area contributed by atoms with Gasteiger partial charge in [0.25, 0.3) is 22.9 Å². The number of benzene rings is 1. The number of phenols is 2. The van der Waals surface area contributed by atoms with Gasteiger partial charge >= 0.3 is 11.8 Å². The first-order chi connectivity index (χ1) is 19.8. The molecule has 0 aliphatic carbocycles. The van der Waals surface area contributed by atoms with Crippen LogP contribution in [0.1, 0.15) is 31.8 Å². The third kappa shape index (κ3) is 6.67. The molecule has 0 spiro atoms. The molecule has 16 heteroatoms. The summed E-state index contributed by atoms with van der Waals surface area (Å²) in [5.74, 6) is -5.62. The van der Waals surface area contributed by atoms with Crippen LogP contribution in [0.4, 0.5) is 0 Å². The number of phenolic OH excluding ortho intramolecular Hbond substituents is 2. The fourth-order valence-corrected chi connectivity index (χ4v) is 3.65. The van der Waals surface area contributed by atoms with E-state index in [2.05, 4.69) is 20.6 Å². The van der Waals surface area contributed by atoms with Gasteiger partial charge in [-0.2, -0.15) is 0 Å². The molecule has 42 heavy (non-hydrogen) atoms. The SMILES string of the molecule is Cn1ccc(C(O)=[NH+]CCNC(=O)c2ccc(C(=O)NCC[NH+]=C(O)c3ccn(C)c(=O)c3O)c(O)c2O)c(O)c1=O. The highest BCUT2D eigenvalue weighted by molar-refractivity contribution is 6.02. The predicted octanol–water partition coefficient (Wildman–Crippen LogP) is -4.46. The van der Waals surface area contributed by atoms with Crippen LogP contribution in [0.15, 0.2) is 46.2 Å². The number of pyridine rings is 2. The molecule has 0 aliphatic heterocycles. The molecular formula is C26H30N6O10+2. The minimum atomic E-state index is -0.849. The second kappa shape index (κ2) is 13.0. The Labute approximate surface area is 236 Å². The summed E-state index contributed by atoms with van der Waals surface area (Å²) in [6.45, 7) is -0.242. The third-order valence-electron chi connectivity index (χ3n) is 6.04. The van der Waals surface area contributed by atoms with Crippen molar-refractivity contribution in [3.05, 3.63) is 79.6 Å². The van der Waals surface area contributed by atoms with Crippen molar-refractivity contribution in [3.63, 3.8) is 0 Å². The number of nitrogens with one attached hydrogen (secondary N) is 4. The monoisotopic (exact) mass is 586 g/mol. The van der Waals surface area contributed by atoms with E-state index in [1.165, 1.54) is 38.6 Å². The highest BCUT2D eigenvalue weighted by Crippen LogP contribution is 2.32. The fourth-order valence-electron chi connectivity index (χ4n) is 3.65. The number of aliphatic hydroxyl groups is 2. The van der Waals surface area contributed by atoms with Crippen LogP contribution in [0, 0.1) is 0 Å². The lowest BCUT2D eigenvalue weighted by molar-refractivity contribution is -0.463. The average Bonchev–Trinajstić information content (AvgIpc) is 2.96. The van der Waals surface area contributed by atoms with Gasteiger partial charge in [0.05, 0.1) is 24.2 Å². The van der Waals surface area contributed by atoms with E-state index in [1.807, 2.05) is 0 Å². The largest absolute Gasteiger partial charge is 0.504 e. The van der Waals surface area contributed by atoms with Crippen molar-refractivity contribution >= 4 is 23.6 Å². The number of nitrogens with zero attached hydrogens (tertiary/aromatic N) is 2. The number of hydrogen-bond acceptors (Lipinski definition) is 8. The van der Waals surface area contributed by atoms with Crippen molar-refractivity contribution in [2.45, 2.75) is 0 Å². The topological polar surface area (TPSA) is 252 Å². The Morgan fingerprint density at radius 3 is 1.36 bits per heavy atom. The van der Waals surface area contributed by atoms with Gasteiger partial charge in [0.1, 0.15) is 11.1 Å². The van der Waals surface area contributed by atoms with Gasteiger partial charge < -0.3 is 50.4 Å². The molecule has 16 nitrogen and oxygen atoms in total. The Kier molecular flexibility index (Phi) is 9.54. The minimum absolute atomic E-state index is 0.0407. The highest BCUT2D eigenvalue weighted by atomic mass is 16.3. The molecule has 1 aromatic carbocycles. The maximum absolute atomic E-state index is 12.5. The number of aromatic hydroxyl groups is 4. The zero-order valence-electron chi connectivity index (χ0n) is 22.5. The molecule has 3 aromatic rings. The second-order valence-corrected chi connectivity index (χ2v) is 8.91. The van der Waals surface area contributed by atoms with E-state index in [0.717, 1.165) is 21.3 Å². The summed E-state index contributed by atoms with van der Waals surface area (Å²) in [6.07, 6.45) is 2.69. The number of amides is 2. The molecule has 3 rings (SSSR count). The van der Waals surface area contributed by atoms with E-state index in [1.54, 1.807) is 0 Å². The Morgan fingerprint density at radius 1 is 0.643 bits per heavy atom. The van der Waals surface area contributed by atoms with Gasteiger partial charge in [-0.25, -0.2) is 9.98 Å². The van der Waals surface area contributed by atoms with E-state index in [4.69, 9.17) is 0 Å². The number of aryl methyl sites for hydroxylation is 2. The van der Waals surface area contributed by atoms with Gasteiger partial charge in [0, 0.05) is 26.5 Å². The van der Waals surface area contributed by atoms with Crippen LogP contribution in [-0.4, -0.2) is 89.6 Å². The summed E-state index contributed by atoms with van der Waals surface area (Å²) in [4.78, 5) is 53.5. The van der Waals surface area contributed by atoms with Crippen LogP contribution in [0.25, 0.3) is 0 Å². The summed E-state index contributed by atoms with van der Waals surface area (Å²) < 4.78 is 2.24. The minimum Gasteiger partial charge on any atom is -0.504 e. The molecule has 2 aromatic heterocycles. The van der Waals surface area contributed by atoms with Gasteiger partial charge in [-0.05, 0) is 24.3 Å². The van der Waals surface area contributed by atoms with E-state index >= 15 is 0 Å². The predicted molar refractivity (Wildman–Crippen MR) is 146 cm³/mol. The van der Waals surface area contributed by atoms with Crippen LogP contribution in [0.5, 0.6) is 23.0 Å². The van der Waals surface area contributed by atoms with Crippen LogP contribution in [0.2, 0.25) is 0 Å². The lowest BCUT2D eigenvalue weighted by Gasteiger charge is -2.10. The molecule has 0 unspecified atom stereocenters. The number of carbonyl (C=O) groups is 2. The Balaban J connectivity index is 1.56. The standard InChI is InChI=1S/C26H28N6O10/c1-31-11-5-15(19(35)25(31)41)23(39)29-9-7-27-21(37)13-3-4-14(18(34)17(13)33)22(38)28-8-10-30-24(40)16-6-12-32(2)26(42)20(16)36/h3-6,11-12,33-36H,7-10H2,1-2H3,(H,27,37)(H,28,38)(H,29,39)(H,30,40)/p+2. The molecule has 0 atom stereocenters. The summed E-state index contributed by atoms with van der Waals surface area (Å²) in [5, 5.41) is 65.4. The van der Waals surface area contributed by atoms with Gasteiger partial charge in [-0.15, -0.1) is 0 Å². The first-order valence-electron chi connectivity index (χ1n) is 12.3.